The van der Waals surface area contributed by atoms with Gasteiger partial charge in [-0.15, -0.1) is 0 Å². The van der Waals surface area contributed by atoms with Crippen molar-refractivity contribution in [2.24, 2.45) is 0 Å². The fraction of sp³-hybridized carbons (Fsp3) is 0.0909. The van der Waals surface area contributed by atoms with Gasteiger partial charge in [-0.25, -0.2) is 0 Å². The molecule has 0 fully saturated rings. The molecule has 1 rings (SSSR count). The lowest BCUT2D eigenvalue weighted by Crippen LogP contribution is -2.24. The van der Waals surface area contributed by atoms with Gasteiger partial charge in [0, 0.05) is 11.4 Å². The summed E-state index contributed by atoms with van der Waals surface area (Å²) in [7, 11) is 0. The SMILES string of the molecule is [N-]=[N+]=CC(=O)C(=O)Nc1cccc(NC(=O)CBr)c1. The van der Waals surface area contributed by atoms with Gasteiger partial charge in [0.05, 0.1) is 5.33 Å². The number of hydrogen-bond acceptors (Lipinski definition) is 3. The number of rotatable bonds is 5. The topological polar surface area (TPSA) is 112 Å². The van der Waals surface area contributed by atoms with E-state index in [1.54, 1.807) is 18.2 Å². The number of Topliss-reactive ketones (excluding diaryl/α,β-unsaturated/α-hetero) is 1. The van der Waals surface area contributed by atoms with Gasteiger partial charge < -0.3 is 16.2 Å². The molecule has 0 unspecified atom stereocenters. The van der Waals surface area contributed by atoms with Crippen LogP contribution in [-0.2, 0) is 14.4 Å². The minimum absolute atomic E-state index is 0.148. The molecule has 0 saturated heterocycles. The van der Waals surface area contributed by atoms with E-state index in [4.69, 9.17) is 5.53 Å². The minimum atomic E-state index is -0.989. The first-order chi connectivity index (χ1) is 9.06. The minimum Gasteiger partial charge on any atom is -0.361 e. The second-order valence-corrected chi connectivity index (χ2v) is 3.89. The average Bonchev–Trinajstić information content (AvgIpc) is 2.39. The van der Waals surface area contributed by atoms with E-state index >= 15 is 0 Å². The monoisotopic (exact) mass is 324 g/mol. The molecule has 0 bridgehead atoms. The van der Waals surface area contributed by atoms with Gasteiger partial charge in [0.25, 0.3) is 0 Å². The Morgan fingerprint density at radius 3 is 2.47 bits per heavy atom. The van der Waals surface area contributed by atoms with Crippen LogP contribution in [-0.4, -0.2) is 33.9 Å². The quantitative estimate of drug-likeness (QED) is 0.275. The summed E-state index contributed by atoms with van der Waals surface area (Å²) in [5.41, 5.74) is 8.95. The van der Waals surface area contributed by atoms with Crippen LogP contribution in [0.15, 0.2) is 24.3 Å². The van der Waals surface area contributed by atoms with Crippen LogP contribution < -0.4 is 10.6 Å². The maximum Gasteiger partial charge on any atom is 0.333 e. The zero-order valence-corrected chi connectivity index (χ0v) is 11.2. The molecule has 2 amide bonds. The van der Waals surface area contributed by atoms with E-state index in [0.717, 1.165) is 0 Å². The lowest BCUT2D eigenvalue weighted by molar-refractivity contribution is -0.132. The molecule has 0 atom stereocenters. The van der Waals surface area contributed by atoms with Gasteiger partial charge in [-0.3, -0.25) is 14.4 Å². The smallest absolute Gasteiger partial charge is 0.333 e. The van der Waals surface area contributed by atoms with Crippen molar-refractivity contribution in [2.75, 3.05) is 16.0 Å². The summed E-state index contributed by atoms with van der Waals surface area (Å²) in [6.45, 7) is 0. The number of halogens is 1. The van der Waals surface area contributed by atoms with Crippen LogP contribution in [0.1, 0.15) is 0 Å². The van der Waals surface area contributed by atoms with Crippen LogP contribution >= 0.6 is 15.9 Å². The standard InChI is InChI=1S/C11H9BrN4O3/c12-5-10(18)15-7-2-1-3-8(4-7)16-11(19)9(17)6-14-13/h1-4,6H,5H2,(H,15,18)(H,16,19). The van der Waals surface area contributed by atoms with Crippen LogP contribution in [0.5, 0.6) is 0 Å². The Labute approximate surface area is 116 Å². The van der Waals surface area contributed by atoms with Crippen LogP contribution in [0.2, 0.25) is 0 Å². The molecule has 7 nitrogen and oxygen atoms in total. The first-order valence-electron chi connectivity index (χ1n) is 5.05. The molecule has 0 aliphatic carbocycles. The van der Waals surface area contributed by atoms with Crippen molar-refractivity contribution >= 4 is 51.1 Å². The number of amides is 2. The highest BCUT2D eigenvalue weighted by molar-refractivity contribution is 9.09. The van der Waals surface area contributed by atoms with Gasteiger partial charge in [-0.2, -0.15) is 4.79 Å². The molecule has 0 aromatic heterocycles. The number of carbonyl (C=O) groups is 3. The largest absolute Gasteiger partial charge is 0.361 e. The zero-order chi connectivity index (χ0) is 14.3. The molecule has 19 heavy (non-hydrogen) atoms. The number of nitrogens with one attached hydrogen (secondary N) is 2. The molecular formula is C11H9BrN4O3. The predicted octanol–water partition coefficient (Wildman–Crippen LogP) is 0.828. The second-order valence-electron chi connectivity index (χ2n) is 3.33. The van der Waals surface area contributed by atoms with Crippen molar-refractivity contribution in [3.8, 4) is 0 Å². The Balaban J connectivity index is 2.77. The Morgan fingerprint density at radius 1 is 1.26 bits per heavy atom. The number of ketones is 1. The number of nitrogens with zero attached hydrogens (tertiary/aromatic N) is 2. The van der Waals surface area contributed by atoms with Gasteiger partial charge in [0.15, 0.2) is 0 Å². The molecule has 1 aromatic carbocycles. The van der Waals surface area contributed by atoms with Crippen LogP contribution in [0.4, 0.5) is 11.4 Å². The first-order valence-corrected chi connectivity index (χ1v) is 6.17. The van der Waals surface area contributed by atoms with E-state index in [9.17, 15) is 14.4 Å². The highest BCUT2D eigenvalue weighted by Crippen LogP contribution is 2.15. The molecule has 1 aromatic rings. The van der Waals surface area contributed by atoms with E-state index in [2.05, 4.69) is 31.4 Å². The summed E-state index contributed by atoms with van der Waals surface area (Å²) in [5, 5.41) is 5.02. The van der Waals surface area contributed by atoms with Crippen molar-refractivity contribution < 1.29 is 19.2 Å². The van der Waals surface area contributed by atoms with Crippen molar-refractivity contribution in [3.05, 3.63) is 29.8 Å². The predicted molar refractivity (Wildman–Crippen MR) is 72.2 cm³/mol. The summed E-state index contributed by atoms with van der Waals surface area (Å²) in [6.07, 6.45) is 0.492. The Kier molecular flexibility index (Phi) is 5.59. The third-order valence-corrected chi connectivity index (χ3v) is 2.43. The van der Waals surface area contributed by atoms with Gasteiger partial charge >= 0.3 is 17.9 Å². The summed E-state index contributed by atoms with van der Waals surface area (Å²) >= 11 is 3.00. The molecule has 98 valence electrons. The third-order valence-electron chi connectivity index (χ3n) is 1.92. The molecule has 0 saturated carbocycles. The summed E-state index contributed by atoms with van der Waals surface area (Å²) in [6, 6.07) is 6.27. The van der Waals surface area contributed by atoms with Crippen LogP contribution in [0.3, 0.4) is 0 Å². The molecule has 8 heteroatoms. The highest BCUT2D eigenvalue weighted by Gasteiger charge is 2.15. The van der Waals surface area contributed by atoms with E-state index < -0.39 is 11.7 Å². The normalized spacial score (nSPS) is 9.11. The van der Waals surface area contributed by atoms with Crippen molar-refractivity contribution in [1.82, 2.24) is 0 Å². The van der Waals surface area contributed by atoms with Crippen molar-refractivity contribution in [3.63, 3.8) is 0 Å². The number of alkyl halides is 1. The van der Waals surface area contributed by atoms with Gasteiger partial charge in [0.2, 0.25) is 5.91 Å². The Bertz CT molecular complexity index is 567. The fourth-order valence-corrected chi connectivity index (χ4v) is 1.31. The van der Waals surface area contributed by atoms with Crippen molar-refractivity contribution in [2.45, 2.75) is 0 Å². The molecule has 0 radical (unpaired) electrons. The summed E-state index contributed by atoms with van der Waals surface area (Å²) in [5.74, 6) is -2.17. The van der Waals surface area contributed by atoms with E-state index in [-0.39, 0.29) is 11.2 Å². The zero-order valence-electron chi connectivity index (χ0n) is 9.59. The van der Waals surface area contributed by atoms with Crippen LogP contribution in [0, 0.1) is 0 Å². The molecule has 0 aliphatic rings. The number of hydrogen-bond donors (Lipinski definition) is 2. The fourth-order valence-electron chi connectivity index (χ4n) is 1.17. The molecular weight excluding hydrogens is 316 g/mol. The maximum atomic E-state index is 11.3. The Hall–Kier alpha value is -2.31. The first kappa shape index (κ1) is 14.7. The Morgan fingerprint density at radius 2 is 1.89 bits per heavy atom. The van der Waals surface area contributed by atoms with Gasteiger partial charge in [-0.05, 0) is 18.2 Å². The number of anilines is 2. The molecule has 2 N–H and O–H groups in total. The lowest BCUT2D eigenvalue weighted by atomic mass is 10.2. The van der Waals surface area contributed by atoms with E-state index in [0.29, 0.717) is 17.6 Å². The average molecular weight is 325 g/mol. The van der Waals surface area contributed by atoms with Crippen molar-refractivity contribution in [1.29, 1.82) is 0 Å². The second kappa shape index (κ2) is 7.20. The van der Waals surface area contributed by atoms with Gasteiger partial charge in [0.1, 0.15) is 0 Å². The summed E-state index contributed by atoms with van der Waals surface area (Å²) in [4.78, 5) is 36.0. The maximum absolute atomic E-state index is 11.3. The molecule has 0 spiro atoms. The number of carbonyl (C=O) groups excluding carboxylic acids is 3. The van der Waals surface area contributed by atoms with Gasteiger partial charge in [-0.1, -0.05) is 22.0 Å². The summed E-state index contributed by atoms with van der Waals surface area (Å²) < 4.78 is 0. The van der Waals surface area contributed by atoms with Crippen LogP contribution in [0.25, 0.3) is 5.53 Å². The van der Waals surface area contributed by atoms with E-state index in [1.165, 1.54) is 6.07 Å². The molecule has 0 aliphatic heterocycles. The highest BCUT2D eigenvalue weighted by atomic mass is 79.9. The van der Waals surface area contributed by atoms with E-state index in [1.807, 2.05) is 0 Å². The lowest BCUT2D eigenvalue weighted by Gasteiger charge is -2.06. The number of benzene rings is 1. The molecule has 0 heterocycles. The third kappa shape index (κ3) is 4.82.